The van der Waals surface area contributed by atoms with Crippen LogP contribution in [0.3, 0.4) is 0 Å². The van der Waals surface area contributed by atoms with Gasteiger partial charge in [0.2, 0.25) is 0 Å². The van der Waals surface area contributed by atoms with Crippen LogP contribution in [0.2, 0.25) is 15.5 Å². The van der Waals surface area contributed by atoms with Crippen molar-refractivity contribution in [3.8, 4) is 0 Å². The molecule has 3 aromatic heterocycles. The number of likely N-dealkylation sites (tertiary alicyclic amines) is 3. The van der Waals surface area contributed by atoms with Gasteiger partial charge in [-0.25, -0.2) is 15.0 Å². The Labute approximate surface area is 289 Å². The lowest BCUT2D eigenvalue weighted by atomic mass is 10.1. The van der Waals surface area contributed by atoms with Crippen LogP contribution in [0.25, 0.3) is 0 Å². The first-order valence-corrected chi connectivity index (χ1v) is 18.7. The molecule has 0 bridgehead atoms. The maximum Gasteiger partial charge on any atom is 0.129 e. The summed E-state index contributed by atoms with van der Waals surface area (Å²) in [6.07, 6.45) is 13.1. The lowest BCUT2D eigenvalue weighted by Gasteiger charge is -2.30. The van der Waals surface area contributed by atoms with E-state index in [9.17, 15) is 0 Å². The fraction of sp³-hybridized carbons (Fsp3) is 0.417. The van der Waals surface area contributed by atoms with Crippen LogP contribution < -0.4 is 15.9 Å². The molecule has 0 saturated carbocycles. The maximum atomic E-state index is 6.54. The molecule has 3 atom stereocenters. The Morgan fingerprint density at radius 2 is 1.07 bits per heavy atom. The first kappa shape index (κ1) is 33.7. The van der Waals surface area contributed by atoms with Crippen LogP contribution in [0.15, 0.2) is 73.2 Å². The number of hydrogen-bond acceptors (Lipinski definition) is 6. The van der Waals surface area contributed by atoms with Gasteiger partial charge in [0.25, 0.3) is 0 Å². The minimum Gasteiger partial charge on any atom is -0.299 e. The van der Waals surface area contributed by atoms with Crippen LogP contribution >= 0.6 is 42.7 Å². The second-order valence-corrected chi connectivity index (χ2v) is 15.9. The standard InChI is InChI=1S/C26H29Cl2N4P.C10H13ClN2/c1-31-12-6-10-21(31)19-16-29-25(27)14-23(19)33(18-8-4-3-5-9-18)24-15-26(28)30-17-20(24)22-11-7-13-32(22)2;1-13-6-2-3-9(13)8-4-5-10(11)12-7-8/h3-5,8-9,14-17,21-22H,6-7,10-13H2,1-2H3;4-5,7,9H,2-3,6H2,1H3/t21-,22-;9-/m00/s1. The van der Waals surface area contributed by atoms with Gasteiger partial charge in [-0.05, 0) is 138 Å². The molecule has 1 aromatic carbocycles. The highest BCUT2D eigenvalue weighted by Crippen LogP contribution is 2.43. The van der Waals surface area contributed by atoms with Crippen LogP contribution in [0.4, 0.5) is 0 Å². The fourth-order valence-electron chi connectivity index (χ4n) is 7.27. The normalized spacial score (nSPS) is 22.4. The van der Waals surface area contributed by atoms with Gasteiger partial charge < -0.3 is 0 Å². The lowest BCUT2D eigenvalue weighted by molar-refractivity contribution is 0.317. The zero-order valence-corrected chi connectivity index (χ0v) is 30.0. The third-order valence-corrected chi connectivity index (χ3v) is 12.9. The molecule has 0 radical (unpaired) electrons. The highest BCUT2D eigenvalue weighted by atomic mass is 35.5. The van der Waals surface area contributed by atoms with E-state index in [0.29, 0.717) is 33.6 Å². The number of pyridine rings is 3. The Kier molecular flexibility index (Phi) is 11.3. The predicted molar refractivity (Wildman–Crippen MR) is 194 cm³/mol. The summed E-state index contributed by atoms with van der Waals surface area (Å²) in [5.41, 5.74) is 3.85. The molecular weight excluding hydrogens is 654 g/mol. The highest BCUT2D eigenvalue weighted by Gasteiger charge is 2.33. The average Bonchev–Trinajstić information content (AvgIpc) is 3.80. The van der Waals surface area contributed by atoms with Crippen molar-refractivity contribution in [2.45, 2.75) is 56.7 Å². The second kappa shape index (κ2) is 15.4. The van der Waals surface area contributed by atoms with Crippen molar-refractivity contribution < 1.29 is 0 Å². The molecular formula is C36H42Cl3N6P. The monoisotopic (exact) mass is 694 g/mol. The highest BCUT2D eigenvalue weighted by molar-refractivity contribution is 7.80. The third kappa shape index (κ3) is 7.60. The number of benzene rings is 1. The summed E-state index contributed by atoms with van der Waals surface area (Å²) in [6, 6.07) is 20.2. The molecule has 3 aliphatic heterocycles. The van der Waals surface area contributed by atoms with Crippen LogP contribution in [-0.2, 0) is 0 Å². The maximum absolute atomic E-state index is 6.54. The van der Waals surface area contributed by atoms with E-state index in [1.807, 2.05) is 24.7 Å². The largest absolute Gasteiger partial charge is 0.299 e. The van der Waals surface area contributed by atoms with Gasteiger partial charge in [0.15, 0.2) is 0 Å². The number of nitrogens with zero attached hydrogens (tertiary/aromatic N) is 6. The molecule has 0 N–H and O–H groups in total. The van der Waals surface area contributed by atoms with Crippen molar-refractivity contribution in [1.82, 2.24) is 29.7 Å². The quantitative estimate of drug-likeness (QED) is 0.153. The van der Waals surface area contributed by atoms with Crippen molar-refractivity contribution in [3.05, 3.63) is 105 Å². The van der Waals surface area contributed by atoms with Gasteiger partial charge in [0, 0.05) is 36.7 Å². The van der Waals surface area contributed by atoms with Gasteiger partial charge in [0.1, 0.15) is 15.5 Å². The Morgan fingerprint density at radius 3 is 1.50 bits per heavy atom. The first-order valence-electron chi connectivity index (χ1n) is 16.2. The molecule has 4 aromatic rings. The Morgan fingerprint density at radius 1 is 0.587 bits per heavy atom. The summed E-state index contributed by atoms with van der Waals surface area (Å²) in [5, 5.41) is 5.50. The van der Waals surface area contributed by atoms with Gasteiger partial charge in [0.05, 0.1) is 0 Å². The predicted octanol–water partition coefficient (Wildman–Crippen LogP) is 7.58. The lowest BCUT2D eigenvalue weighted by Crippen LogP contribution is -2.31. The molecule has 10 heteroatoms. The molecule has 6 nitrogen and oxygen atoms in total. The van der Waals surface area contributed by atoms with Crippen LogP contribution in [0, 0.1) is 0 Å². The molecule has 6 heterocycles. The summed E-state index contributed by atoms with van der Waals surface area (Å²) >= 11 is 18.8. The zero-order valence-electron chi connectivity index (χ0n) is 26.8. The summed E-state index contributed by atoms with van der Waals surface area (Å²) < 4.78 is 0. The van der Waals surface area contributed by atoms with E-state index >= 15 is 0 Å². The van der Waals surface area contributed by atoms with Crippen molar-refractivity contribution in [3.63, 3.8) is 0 Å². The van der Waals surface area contributed by atoms with Crippen LogP contribution in [-0.4, -0.2) is 70.4 Å². The number of hydrogen-bond donors (Lipinski definition) is 0. The Bertz CT molecular complexity index is 1540. The van der Waals surface area contributed by atoms with Gasteiger partial charge in [-0.1, -0.05) is 71.2 Å². The minimum atomic E-state index is -0.893. The van der Waals surface area contributed by atoms with E-state index in [0.717, 1.165) is 25.9 Å². The van der Waals surface area contributed by atoms with Gasteiger partial charge in [-0.3, -0.25) is 14.7 Å². The van der Waals surface area contributed by atoms with E-state index in [1.165, 1.54) is 64.8 Å². The molecule has 242 valence electrons. The summed E-state index contributed by atoms with van der Waals surface area (Å²) in [4.78, 5) is 20.4. The van der Waals surface area contributed by atoms with Crippen molar-refractivity contribution in [2.75, 3.05) is 40.8 Å². The number of aromatic nitrogens is 3. The Hall–Kier alpha value is -2.15. The molecule has 3 fully saturated rings. The smallest absolute Gasteiger partial charge is 0.129 e. The molecule has 7 rings (SSSR count). The Balaban J connectivity index is 0.000000238. The SMILES string of the molecule is CN1CCC[C@H]1c1ccc(Cl)nc1.CN1CCC[C@H]1c1cnc(Cl)cc1P(c1ccccc1)c1cc(Cl)ncc1[C@@H]1CCCN1C. The van der Waals surface area contributed by atoms with Gasteiger partial charge in [-0.15, -0.1) is 0 Å². The topological polar surface area (TPSA) is 48.4 Å². The van der Waals surface area contributed by atoms with Gasteiger partial charge in [-0.2, -0.15) is 0 Å². The van der Waals surface area contributed by atoms with E-state index in [1.54, 1.807) is 0 Å². The van der Waals surface area contributed by atoms with E-state index < -0.39 is 7.92 Å². The number of halogens is 3. The molecule has 3 aliphatic rings. The second-order valence-electron chi connectivity index (χ2n) is 12.6. The summed E-state index contributed by atoms with van der Waals surface area (Å²) in [6.45, 7) is 3.40. The third-order valence-electron chi connectivity index (χ3n) is 9.67. The van der Waals surface area contributed by atoms with Crippen LogP contribution in [0.1, 0.15) is 73.3 Å². The molecule has 0 spiro atoms. The molecule has 0 aliphatic carbocycles. The molecule has 3 saturated heterocycles. The zero-order chi connectivity index (χ0) is 32.2. The minimum absolute atomic E-state index is 0.355. The molecule has 0 unspecified atom stereocenters. The van der Waals surface area contributed by atoms with E-state index in [-0.39, 0.29) is 0 Å². The summed E-state index contributed by atoms with van der Waals surface area (Å²) in [7, 11) is 5.69. The molecule has 46 heavy (non-hydrogen) atoms. The average molecular weight is 696 g/mol. The van der Waals surface area contributed by atoms with Crippen molar-refractivity contribution in [2.24, 2.45) is 0 Å². The van der Waals surface area contributed by atoms with Crippen molar-refractivity contribution in [1.29, 1.82) is 0 Å². The van der Waals surface area contributed by atoms with E-state index in [2.05, 4.69) is 99.3 Å². The van der Waals surface area contributed by atoms with Crippen LogP contribution in [0.5, 0.6) is 0 Å². The van der Waals surface area contributed by atoms with Gasteiger partial charge >= 0.3 is 0 Å². The number of rotatable bonds is 6. The first-order chi connectivity index (χ1) is 22.3. The fourth-order valence-corrected chi connectivity index (χ4v) is 10.6. The van der Waals surface area contributed by atoms with Crippen molar-refractivity contribution >= 4 is 58.6 Å². The van der Waals surface area contributed by atoms with E-state index in [4.69, 9.17) is 34.8 Å². The molecule has 0 amide bonds. The summed E-state index contributed by atoms with van der Waals surface area (Å²) in [5.74, 6) is 0.